The first kappa shape index (κ1) is 20.4. The molecule has 19 heavy (non-hydrogen) atoms. The fourth-order valence-corrected chi connectivity index (χ4v) is 1.54. The molecule has 0 radical (unpaired) electrons. The minimum absolute atomic E-state index is 0.106. The quantitative estimate of drug-likeness (QED) is 0.336. The Morgan fingerprint density at radius 2 is 1.79 bits per heavy atom. The van der Waals surface area contributed by atoms with E-state index in [0.29, 0.717) is 5.33 Å². The van der Waals surface area contributed by atoms with Crippen molar-refractivity contribution in [2.24, 2.45) is 0 Å². The number of carbonyl (C=O) groups is 1. The third-order valence-electron chi connectivity index (χ3n) is 1.80. The molecular weight excluding hydrogens is 370 g/mol. The van der Waals surface area contributed by atoms with Gasteiger partial charge >= 0.3 is 0 Å². The lowest BCUT2D eigenvalue weighted by molar-refractivity contribution is -0.113. The molecular formula is C15H21Br2NO. The van der Waals surface area contributed by atoms with Gasteiger partial charge in [0.05, 0.1) is 5.33 Å². The number of halogens is 2. The number of Topliss-reactive ketones (excluding diaryl/α,β-unsaturated/α-hetero) is 1. The van der Waals surface area contributed by atoms with Crippen LogP contribution in [0.2, 0.25) is 0 Å². The van der Waals surface area contributed by atoms with Crippen molar-refractivity contribution in [1.29, 1.82) is 0 Å². The number of carbonyl (C=O) groups excluding carboxylic acids is 1. The zero-order valence-corrected chi connectivity index (χ0v) is 14.8. The summed E-state index contributed by atoms with van der Waals surface area (Å²) < 4.78 is 1.06. The molecule has 0 unspecified atom stereocenters. The van der Waals surface area contributed by atoms with E-state index < -0.39 is 0 Å². The Kier molecular flexibility index (Phi) is 14.6. The van der Waals surface area contributed by atoms with Crippen LogP contribution in [0.5, 0.6) is 0 Å². The molecule has 2 N–H and O–H groups in total. The number of anilines is 1. The van der Waals surface area contributed by atoms with Gasteiger partial charge in [0.1, 0.15) is 0 Å². The van der Waals surface area contributed by atoms with E-state index in [2.05, 4.69) is 38.4 Å². The average Bonchev–Trinajstić information content (AvgIpc) is 2.44. The molecule has 1 aromatic carbocycles. The third kappa shape index (κ3) is 11.9. The first-order chi connectivity index (χ1) is 9.01. The number of rotatable bonds is 3. The first-order valence-electron chi connectivity index (χ1n) is 5.90. The van der Waals surface area contributed by atoms with Crippen LogP contribution in [-0.2, 0) is 4.79 Å². The van der Waals surface area contributed by atoms with Crippen LogP contribution in [0, 0.1) is 0 Å². The second kappa shape index (κ2) is 13.6. The molecule has 0 fully saturated rings. The average molecular weight is 391 g/mol. The molecule has 0 aromatic heterocycles. The van der Waals surface area contributed by atoms with Crippen LogP contribution >= 0.6 is 31.9 Å². The van der Waals surface area contributed by atoms with E-state index in [0.717, 1.165) is 15.7 Å². The number of nitrogens with two attached hydrogens (primary N) is 1. The second-order valence-electron chi connectivity index (χ2n) is 3.19. The Balaban J connectivity index is 0. The normalized spacial score (nSPS) is 9.42. The van der Waals surface area contributed by atoms with Gasteiger partial charge < -0.3 is 5.73 Å². The Hall–Kier alpha value is -0.870. The number of hydrogen-bond donors (Lipinski definition) is 1. The van der Waals surface area contributed by atoms with Gasteiger partial charge in [-0.2, -0.15) is 0 Å². The Morgan fingerprint density at radius 1 is 1.32 bits per heavy atom. The number of alkyl halides is 1. The molecule has 0 saturated heterocycles. The summed E-state index contributed by atoms with van der Waals surface area (Å²) in [4.78, 5) is 10.7. The summed E-state index contributed by atoms with van der Waals surface area (Å²) in [5, 5.41) is 0.392. The molecule has 0 saturated carbocycles. The lowest BCUT2D eigenvalue weighted by Crippen LogP contribution is -1.98. The van der Waals surface area contributed by atoms with Gasteiger partial charge in [-0.25, -0.2) is 0 Å². The lowest BCUT2D eigenvalue weighted by Gasteiger charge is -1.90. The maximum atomic E-state index is 10.7. The third-order valence-corrected chi connectivity index (χ3v) is 2.84. The number of allylic oxidation sites excluding steroid dienone is 3. The van der Waals surface area contributed by atoms with Crippen LogP contribution in [-0.4, -0.2) is 11.1 Å². The van der Waals surface area contributed by atoms with Gasteiger partial charge in [-0.15, -0.1) is 0 Å². The molecule has 1 aromatic rings. The molecule has 0 aliphatic carbocycles. The molecule has 1 rings (SSSR count). The van der Waals surface area contributed by atoms with E-state index in [-0.39, 0.29) is 5.78 Å². The highest BCUT2D eigenvalue weighted by Crippen LogP contribution is 2.10. The molecule has 0 heterocycles. The van der Waals surface area contributed by atoms with Crippen LogP contribution in [0.1, 0.15) is 20.8 Å². The number of nitrogen functional groups attached to an aromatic ring is 1. The SMILES string of the molecule is C=C/C=C(\C)C(=O)CBr.CC.Nc1ccc(Br)cc1. The van der Waals surface area contributed by atoms with E-state index in [1.54, 1.807) is 19.1 Å². The molecule has 0 spiro atoms. The number of hydrogen-bond acceptors (Lipinski definition) is 2. The van der Waals surface area contributed by atoms with Gasteiger partial charge in [0.15, 0.2) is 5.78 Å². The predicted octanol–water partition coefficient (Wildman–Crippen LogP) is 5.14. The van der Waals surface area contributed by atoms with Crippen molar-refractivity contribution in [2.45, 2.75) is 20.8 Å². The van der Waals surface area contributed by atoms with Crippen molar-refractivity contribution in [3.63, 3.8) is 0 Å². The molecule has 0 bridgehead atoms. The lowest BCUT2D eigenvalue weighted by atomic mass is 10.2. The maximum Gasteiger partial charge on any atom is 0.169 e. The van der Waals surface area contributed by atoms with E-state index in [1.165, 1.54) is 0 Å². The maximum absolute atomic E-state index is 10.7. The van der Waals surface area contributed by atoms with Gasteiger partial charge in [0.25, 0.3) is 0 Å². The molecule has 0 aliphatic heterocycles. The van der Waals surface area contributed by atoms with Crippen LogP contribution in [0.4, 0.5) is 5.69 Å². The smallest absolute Gasteiger partial charge is 0.169 e. The molecule has 4 heteroatoms. The van der Waals surface area contributed by atoms with Gasteiger partial charge in [-0.05, 0) is 36.8 Å². The highest BCUT2D eigenvalue weighted by atomic mass is 79.9. The van der Waals surface area contributed by atoms with Crippen LogP contribution < -0.4 is 5.73 Å². The molecule has 0 aliphatic rings. The van der Waals surface area contributed by atoms with Gasteiger partial charge in [0, 0.05) is 10.2 Å². The highest BCUT2D eigenvalue weighted by Gasteiger charge is 1.98. The standard InChI is InChI=1S/C7H9BrO.C6H6BrN.C2H6/c1-3-4-6(2)7(9)5-8;7-5-1-3-6(8)4-2-5;1-2/h3-4H,1,5H2,2H3;1-4H,8H2;1-2H3/b6-4+;;. The zero-order chi connectivity index (χ0) is 15.3. The Morgan fingerprint density at radius 3 is 2.11 bits per heavy atom. The van der Waals surface area contributed by atoms with Crippen LogP contribution in [0.3, 0.4) is 0 Å². The van der Waals surface area contributed by atoms with Gasteiger partial charge in [-0.1, -0.05) is 64.4 Å². The van der Waals surface area contributed by atoms with Gasteiger partial charge in [-0.3, -0.25) is 4.79 Å². The van der Waals surface area contributed by atoms with Crippen molar-refractivity contribution in [1.82, 2.24) is 0 Å². The molecule has 106 valence electrons. The highest BCUT2D eigenvalue weighted by molar-refractivity contribution is 9.10. The van der Waals surface area contributed by atoms with Crippen molar-refractivity contribution >= 4 is 43.3 Å². The topological polar surface area (TPSA) is 43.1 Å². The molecule has 0 atom stereocenters. The fraction of sp³-hybridized carbons (Fsp3) is 0.267. The second-order valence-corrected chi connectivity index (χ2v) is 4.67. The van der Waals surface area contributed by atoms with E-state index >= 15 is 0 Å². The van der Waals surface area contributed by atoms with Crippen molar-refractivity contribution in [3.8, 4) is 0 Å². The summed E-state index contributed by atoms with van der Waals surface area (Å²) in [6, 6.07) is 7.53. The van der Waals surface area contributed by atoms with E-state index in [4.69, 9.17) is 5.73 Å². The summed E-state index contributed by atoms with van der Waals surface area (Å²) >= 11 is 6.35. The Bertz CT molecular complexity index is 376. The van der Waals surface area contributed by atoms with E-state index in [9.17, 15) is 4.79 Å². The van der Waals surface area contributed by atoms with Gasteiger partial charge in [0.2, 0.25) is 0 Å². The number of ketones is 1. The predicted molar refractivity (Wildman–Crippen MR) is 92.7 cm³/mol. The monoisotopic (exact) mass is 389 g/mol. The summed E-state index contributed by atoms with van der Waals surface area (Å²) in [7, 11) is 0. The summed E-state index contributed by atoms with van der Waals surface area (Å²) in [6.07, 6.45) is 3.31. The summed E-state index contributed by atoms with van der Waals surface area (Å²) in [5.74, 6) is 0.106. The van der Waals surface area contributed by atoms with E-state index in [1.807, 2.05) is 38.1 Å². The number of benzene rings is 1. The Labute approximate surface area is 133 Å². The minimum Gasteiger partial charge on any atom is -0.399 e. The molecule has 0 amide bonds. The zero-order valence-electron chi connectivity index (χ0n) is 11.6. The minimum atomic E-state index is 0.106. The first-order valence-corrected chi connectivity index (χ1v) is 7.82. The summed E-state index contributed by atoms with van der Waals surface area (Å²) in [5.41, 5.74) is 6.94. The largest absolute Gasteiger partial charge is 0.399 e. The summed E-state index contributed by atoms with van der Waals surface area (Å²) in [6.45, 7) is 9.24. The van der Waals surface area contributed by atoms with Crippen molar-refractivity contribution in [3.05, 3.63) is 53.0 Å². The van der Waals surface area contributed by atoms with Crippen LogP contribution in [0.15, 0.2) is 53.0 Å². The van der Waals surface area contributed by atoms with Crippen molar-refractivity contribution in [2.75, 3.05) is 11.1 Å². The van der Waals surface area contributed by atoms with Crippen LogP contribution in [0.25, 0.3) is 0 Å². The fourth-order valence-electron chi connectivity index (χ4n) is 0.838. The molecule has 2 nitrogen and oxygen atoms in total. The van der Waals surface area contributed by atoms with Crippen molar-refractivity contribution < 1.29 is 4.79 Å².